The molecule has 6 nitrogen and oxygen atoms in total. The van der Waals surface area contributed by atoms with Crippen molar-refractivity contribution in [2.75, 3.05) is 0 Å². The molecule has 0 fully saturated rings. The number of hydrogen-bond donors (Lipinski definition) is 1. The van der Waals surface area contributed by atoms with Crippen molar-refractivity contribution in [3.8, 4) is 23.1 Å². The van der Waals surface area contributed by atoms with Gasteiger partial charge >= 0.3 is 0 Å². The van der Waals surface area contributed by atoms with Gasteiger partial charge in [0.2, 0.25) is 0 Å². The monoisotopic (exact) mass is 415 g/mol. The molecule has 2 heterocycles. The molecule has 0 bridgehead atoms. The predicted molar refractivity (Wildman–Crippen MR) is 113 cm³/mol. The van der Waals surface area contributed by atoms with Gasteiger partial charge in [-0.1, -0.05) is 42.5 Å². The second kappa shape index (κ2) is 9.07. The second-order valence-corrected chi connectivity index (χ2v) is 7.28. The summed E-state index contributed by atoms with van der Waals surface area (Å²) in [7, 11) is 0. The van der Waals surface area contributed by atoms with Crippen LogP contribution < -0.4 is 10.1 Å². The van der Waals surface area contributed by atoms with E-state index in [2.05, 4.69) is 16.4 Å². The molecule has 0 radical (unpaired) electrons. The molecule has 7 heteroatoms. The van der Waals surface area contributed by atoms with Crippen molar-refractivity contribution >= 4 is 17.2 Å². The van der Waals surface area contributed by atoms with Gasteiger partial charge in [0.1, 0.15) is 29.2 Å². The number of benzene rings is 2. The molecule has 0 atom stereocenters. The number of nitrogens with zero attached hydrogens (tertiary/aromatic N) is 2. The SMILES string of the molecule is N#Cc1ccccc1OCc1ccc(C(=O)NCc2nc(-c3ccccc3)cs2)o1. The number of thiazole rings is 1. The largest absolute Gasteiger partial charge is 0.484 e. The van der Waals surface area contributed by atoms with Crippen LogP contribution in [0.2, 0.25) is 0 Å². The van der Waals surface area contributed by atoms with Crippen molar-refractivity contribution in [2.45, 2.75) is 13.2 Å². The van der Waals surface area contributed by atoms with Gasteiger partial charge in [0.05, 0.1) is 17.8 Å². The Labute approximate surface area is 177 Å². The van der Waals surface area contributed by atoms with E-state index in [0.717, 1.165) is 16.3 Å². The highest BCUT2D eigenvalue weighted by molar-refractivity contribution is 7.09. The maximum atomic E-state index is 12.4. The van der Waals surface area contributed by atoms with E-state index in [1.165, 1.54) is 11.3 Å². The van der Waals surface area contributed by atoms with Gasteiger partial charge in [-0.05, 0) is 24.3 Å². The highest BCUT2D eigenvalue weighted by atomic mass is 32.1. The number of nitriles is 1. The Morgan fingerprint density at radius 1 is 1.10 bits per heavy atom. The lowest BCUT2D eigenvalue weighted by Gasteiger charge is -2.05. The number of aromatic nitrogens is 1. The van der Waals surface area contributed by atoms with Gasteiger partial charge in [-0.15, -0.1) is 11.3 Å². The number of amides is 1. The first-order chi connectivity index (χ1) is 14.7. The van der Waals surface area contributed by atoms with Crippen LogP contribution in [-0.2, 0) is 13.2 Å². The Kier molecular flexibility index (Phi) is 5.88. The van der Waals surface area contributed by atoms with Gasteiger partial charge in [-0.25, -0.2) is 4.98 Å². The summed E-state index contributed by atoms with van der Waals surface area (Å²) in [5.41, 5.74) is 2.38. The molecule has 0 saturated carbocycles. The number of carbonyl (C=O) groups is 1. The summed E-state index contributed by atoms with van der Waals surface area (Å²) in [6.45, 7) is 0.442. The molecule has 0 saturated heterocycles. The molecule has 2 aromatic heterocycles. The molecule has 1 N–H and O–H groups in total. The van der Waals surface area contributed by atoms with Gasteiger partial charge in [-0.3, -0.25) is 4.79 Å². The van der Waals surface area contributed by atoms with E-state index in [4.69, 9.17) is 14.4 Å². The zero-order valence-corrected chi connectivity index (χ0v) is 16.7. The number of nitrogens with one attached hydrogen (secondary N) is 1. The van der Waals surface area contributed by atoms with Crippen molar-refractivity contribution in [3.63, 3.8) is 0 Å². The molecule has 4 rings (SSSR count). The first-order valence-corrected chi connectivity index (χ1v) is 10.1. The summed E-state index contributed by atoms with van der Waals surface area (Å²) in [5, 5.41) is 14.7. The van der Waals surface area contributed by atoms with Gasteiger partial charge in [0.15, 0.2) is 5.76 Å². The van der Waals surface area contributed by atoms with E-state index in [1.54, 1.807) is 36.4 Å². The van der Waals surface area contributed by atoms with Crippen LogP contribution >= 0.6 is 11.3 Å². The van der Waals surface area contributed by atoms with Crippen LogP contribution in [0.5, 0.6) is 5.75 Å². The summed E-state index contributed by atoms with van der Waals surface area (Å²) in [4.78, 5) is 16.9. The van der Waals surface area contributed by atoms with Crippen molar-refractivity contribution in [1.82, 2.24) is 10.3 Å². The Morgan fingerprint density at radius 3 is 2.73 bits per heavy atom. The van der Waals surface area contributed by atoms with Gasteiger partial charge in [0, 0.05) is 10.9 Å². The lowest BCUT2D eigenvalue weighted by molar-refractivity contribution is 0.0919. The summed E-state index contributed by atoms with van der Waals surface area (Å²) >= 11 is 1.49. The van der Waals surface area contributed by atoms with Gasteiger partial charge < -0.3 is 14.5 Å². The van der Waals surface area contributed by atoms with Gasteiger partial charge in [0.25, 0.3) is 5.91 Å². The lowest BCUT2D eigenvalue weighted by Crippen LogP contribution is -2.22. The molecule has 4 aromatic rings. The first-order valence-electron chi connectivity index (χ1n) is 9.21. The average molecular weight is 415 g/mol. The smallest absolute Gasteiger partial charge is 0.287 e. The number of furan rings is 1. The summed E-state index contributed by atoms with van der Waals surface area (Å²) in [6, 6.07) is 22.2. The number of carbonyl (C=O) groups excluding carboxylic acids is 1. The Morgan fingerprint density at radius 2 is 1.90 bits per heavy atom. The first kappa shape index (κ1) is 19.4. The van der Waals surface area contributed by atoms with Crippen LogP contribution in [0.25, 0.3) is 11.3 Å². The van der Waals surface area contributed by atoms with E-state index in [-0.39, 0.29) is 18.3 Å². The van der Waals surface area contributed by atoms with Crippen molar-refractivity contribution < 1.29 is 13.9 Å². The number of hydrogen-bond acceptors (Lipinski definition) is 6. The normalized spacial score (nSPS) is 10.4. The highest BCUT2D eigenvalue weighted by Gasteiger charge is 2.13. The highest BCUT2D eigenvalue weighted by Crippen LogP contribution is 2.22. The summed E-state index contributed by atoms with van der Waals surface area (Å²) in [5.74, 6) is 0.839. The van der Waals surface area contributed by atoms with Crippen LogP contribution in [0.15, 0.2) is 76.5 Å². The fourth-order valence-corrected chi connectivity index (χ4v) is 3.53. The third-order valence-corrected chi connectivity index (χ3v) is 5.13. The molecule has 0 aliphatic heterocycles. The summed E-state index contributed by atoms with van der Waals surface area (Å²) in [6.07, 6.45) is 0. The molecule has 0 aliphatic rings. The van der Waals surface area contributed by atoms with Crippen LogP contribution in [-0.4, -0.2) is 10.9 Å². The van der Waals surface area contributed by atoms with E-state index >= 15 is 0 Å². The maximum absolute atomic E-state index is 12.4. The predicted octanol–water partition coefficient (Wildman–Crippen LogP) is 4.78. The van der Waals surface area contributed by atoms with Crippen molar-refractivity contribution in [3.05, 3.63) is 94.2 Å². The van der Waals surface area contributed by atoms with Crippen LogP contribution in [0, 0.1) is 11.3 Å². The minimum absolute atomic E-state index is 0.124. The molecule has 2 aromatic carbocycles. The van der Waals surface area contributed by atoms with Crippen LogP contribution in [0.1, 0.15) is 26.9 Å². The van der Waals surface area contributed by atoms with Crippen LogP contribution in [0.4, 0.5) is 0 Å². The quantitative estimate of drug-likeness (QED) is 0.469. The zero-order valence-electron chi connectivity index (χ0n) is 15.9. The standard InChI is InChI=1S/C23H17N3O3S/c24-12-17-8-4-5-9-20(17)28-14-18-10-11-21(29-18)23(27)25-13-22-26-19(15-30-22)16-6-2-1-3-7-16/h1-11,15H,13-14H2,(H,25,27). The molecule has 0 spiro atoms. The molecule has 0 unspecified atom stereocenters. The molecule has 0 aliphatic carbocycles. The zero-order chi connectivity index (χ0) is 20.8. The van der Waals surface area contributed by atoms with E-state index in [0.29, 0.717) is 23.6 Å². The molecular formula is C23H17N3O3S. The minimum atomic E-state index is -0.324. The van der Waals surface area contributed by atoms with Crippen LogP contribution in [0.3, 0.4) is 0 Å². The Hall–Kier alpha value is -3.89. The molecule has 1 amide bonds. The Bertz CT molecular complexity index is 1190. The number of rotatable bonds is 7. The third-order valence-electron chi connectivity index (χ3n) is 4.28. The second-order valence-electron chi connectivity index (χ2n) is 6.34. The molecule has 148 valence electrons. The molecule has 30 heavy (non-hydrogen) atoms. The van der Waals surface area contributed by atoms with Crippen molar-refractivity contribution in [2.24, 2.45) is 0 Å². The van der Waals surface area contributed by atoms with E-state index in [1.807, 2.05) is 35.7 Å². The topological polar surface area (TPSA) is 88.1 Å². The number of para-hydroxylation sites is 1. The summed E-state index contributed by atoms with van der Waals surface area (Å²) < 4.78 is 11.2. The molecular weight excluding hydrogens is 398 g/mol. The fourth-order valence-electron chi connectivity index (χ4n) is 2.79. The average Bonchev–Trinajstić information content (AvgIpc) is 3.47. The maximum Gasteiger partial charge on any atom is 0.287 e. The minimum Gasteiger partial charge on any atom is -0.484 e. The Balaban J connectivity index is 1.32. The third kappa shape index (κ3) is 4.57. The lowest BCUT2D eigenvalue weighted by atomic mass is 10.2. The van der Waals surface area contributed by atoms with Crippen molar-refractivity contribution in [1.29, 1.82) is 5.26 Å². The number of ether oxygens (including phenoxy) is 1. The van der Waals surface area contributed by atoms with E-state index in [9.17, 15) is 4.79 Å². The van der Waals surface area contributed by atoms with E-state index < -0.39 is 0 Å². The fraction of sp³-hybridized carbons (Fsp3) is 0.0870. The van der Waals surface area contributed by atoms with Gasteiger partial charge in [-0.2, -0.15) is 5.26 Å².